The molecule has 1 aromatic rings. The largest absolute Gasteiger partial charge is 0.312 e. The lowest BCUT2D eigenvalue weighted by atomic mass is 10.0. The zero-order chi connectivity index (χ0) is 12.0. The lowest BCUT2D eigenvalue weighted by Crippen LogP contribution is -2.21. The molecule has 0 bridgehead atoms. The van der Waals surface area contributed by atoms with Crippen LogP contribution in [-0.2, 0) is 6.54 Å². The first-order valence-corrected chi connectivity index (χ1v) is 6.99. The van der Waals surface area contributed by atoms with Crippen LogP contribution in [0, 0.1) is 5.92 Å². The standard InChI is InChI=1S/C13H19BrClN/c1-3-10(4-2)8-16-9-11-5-6-13(15)12(14)7-11/h5-7,10,16H,3-4,8-9H2,1-2H3. The lowest BCUT2D eigenvalue weighted by Gasteiger charge is -2.13. The number of hydrogen-bond acceptors (Lipinski definition) is 1. The third-order valence-electron chi connectivity index (χ3n) is 2.90. The van der Waals surface area contributed by atoms with Gasteiger partial charge in [0.25, 0.3) is 0 Å². The molecule has 0 aliphatic carbocycles. The van der Waals surface area contributed by atoms with Gasteiger partial charge in [0, 0.05) is 11.0 Å². The van der Waals surface area contributed by atoms with E-state index in [9.17, 15) is 0 Å². The van der Waals surface area contributed by atoms with Gasteiger partial charge >= 0.3 is 0 Å². The summed E-state index contributed by atoms with van der Waals surface area (Å²) >= 11 is 9.38. The molecule has 0 saturated heterocycles. The molecule has 0 amide bonds. The fraction of sp³-hybridized carbons (Fsp3) is 0.538. The zero-order valence-electron chi connectivity index (χ0n) is 9.89. The van der Waals surface area contributed by atoms with Gasteiger partial charge in [0.05, 0.1) is 5.02 Å². The van der Waals surface area contributed by atoms with Crippen LogP contribution in [0.5, 0.6) is 0 Å². The molecule has 3 heteroatoms. The molecule has 1 rings (SSSR count). The van der Waals surface area contributed by atoms with Crippen LogP contribution < -0.4 is 5.32 Å². The van der Waals surface area contributed by atoms with Crippen LogP contribution in [0.15, 0.2) is 22.7 Å². The van der Waals surface area contributed by atoms with E-state index >= 15 is 0 Å². The second kappa shape index (κ2) is 7.31. The summed E-state index contributed by atoms with van der Waals surface area (Å²) < 4.78 is 0.969. The summed E-state index contributed by atoms with van der Waals surface area (Å²) in [6.45, 7) is 6.49. The summed E-state index contributed by atoms with van der Waals surface area (Å²) in [7, 11) is 0. The van der Waals surface area contributed by atoms with Crippen molar-refractivity contribution in [1.29, 1.82) is 0 Å². The van der Waals surface area contributed by atoms with Gasteiger partial charge in [-0.15, -0.1) is 0 Å². The highest BCUT2D eigenvalue weighted by Crippen LogP contribution is 2.23. The van der Waals surface area contributed by atoms with Crippen LogP contribution in [0.1, 0.15) is 32.3 Å². The van der Waals surface area contributed by atoms with Gasteiger partial charge in [-0.25, -0.2) is 0 Å². The van der Waals surface area contributed by atoms with E-state index in [1.165, 1.54) is 18.4 Å². The molecule has 0 unspecified atom stereocenters. The Hall–Kier alpha value is -0.0500. The molecule has 0 fully saturated rings. The van der Waals surface area contributed by atoms with E-state index in [-0.39, 0.29) is 0 Å². The molecular formula is C13H19BrClN. The third-order valence-corrected chi connectivity index (χ3v) is 4.11. The van der Waals surface area contributed by atoms with Gasteiger partial charge in [-0.3, -0.25) is 0 Å². The SMILES string of the molecule is CCC(CC)CNCc1ccc(Cl)c(Br)c1. The topological polar surface area (TPSA) is 12.0 Å². The van der Waals surface area contributed by atoms with Crippen molar-refractivity contribution in [2.75, 3.05) is 6.54 Å². The number of halogens is 2. The Bertz CT molecular complexity index is 324. The van der Waals surface area contributed by atoms with E-state index in [4.69, 9.17) is 11.6 Å². The normalized spacial score (nSPS) is 11.1. The first kappa shape index (κ1) is 14.0. The zero-order valence-corrected chi connectivity index (χ0v) is 12.2. The monoisotopic (exact) mass is 303 g/mol. The van der Waals surface area contributed by atoms with Crippen LogP contribution in [0.2, 0.25) is 5.02 Å². The molecule has 0 aliphatic heterocycles. The molecule has 1 nitrogen and oxygen atoms in total. The van der Waals surface area contributed by atoms with Crippen LogP contribution in [-0.4, -0.2) is 6.54 Å². The molecule has 0 atom stereocenters. The van der Waals surface area contributed by atoms with Crippen LogP contribution >= 0.6 is 27.5 Å². The summed E-state index contributed by atoms with van der Waals surface area (Å²) in [4.78, 5) is 0. The summed E-state index contributed by atoms with van der Waals surface area (Å²) in [5.74, 6) is 0.788. The molecule has 1 N–H and O–H groups in total. The Morgan fingerprint density at radius 2 is 2.00 bits per heavy atom. The Morgan fingerprint density at radius 3 is 2.56 bits per heavy atom. The first-order chi connectivity index (χ1) is 7.67. The Morgan fingerprint density at radius 1 is 1.31 bits per heavy atom. The minimum absolute atomic E-state index is 0.767. The Kier molecular flexibility index (Phi) is 6.40. The van der Waals surface area contributed by atoms with Crippen LogP contribution in [0.25, 0.3) is 0 Å². The van der Waals surface area contributed by atoms with Crippen LogP contribution in [0.3, 0.4) is 0 Å². The molecule has 1 aromatic carbocycles. The van der Waals surface area contributed by atoms with Crippen molar-refractivity contribution in [3.05, 3.63) is 33.3 Å². The highest BCUT2D eigenvalue weighted by Gasteiger charge is 2.03. The predicted molar refractivity (Wildman–Crippen MR) is 74.9 cm³/mol. The Labute approximate surface area is 112 Å². The van der Waals surface area contributed by atoms with Gasteiger partial charge in [0.15, 0.2) is 0 Å². The minimum atomic E-state index is 0.767. The van der Waals surface area contributed by atoms with E-state index < -0.39 is 0 Å². The van der Waals surface area contributed by atoms with Gasteiger partial charge < -0.3 is 5.32 Å². The van der Waals surface area contributed by atoms with Crippen molar-refractivity contribution in [1.82, 2.24) is 5.32 Å². The summed E-state index contributed by atoms with van der Waals surface area (Å²) in [5.41, 5.74) is 1.27. The average Bonchev–Trinajstić information content (AvgIpc) is 2.29. The van der Waals surface area contributed by atoms with Crippen molar-refractivity contribution in [2.45, 2.75) is 33.2 Å². The van der Waals surface area contributed by atoms with Gasteiger partial charge in [-0.05, 0) is 46.1 Å². The van der Waals surface area contributed by atoms with Crippen molar-refractivity contribution < 1.29 is 0 Å². The van der Waals surface area contributed by atoms with Crippen LogP contribution in [0.4, 0.5) is 0 Å². The maximum absolute atomic E-state index is 5.94. The van der Waals surface area contributed by atoms with Gasteiger partial charge in [-0.1, -0.05) is 44.4 Å². The molecule has 0 radical (unpaired) electrons. The summed E-state index contributed by atoms with van der Waals surface area (Å²) in [5, 5.41) is 4.25. The third kappa shape index (κ3) is 4.44. The van der Waals surface area contributed by atoms with E-state index in [1.54, 1.807) is 0 Å². The van der Waals surface area contributed by atoms with Crippen molar-refractivity contribution in [2.24, 2.45) is 5.92 Å². The number of benzene rings is 1. The number of rotatable bonds is 6. The molecule has 90 valence electrons. The molecule has 16 heavy (non-hydrogen) atoms. The smallest absolute Gasteiger partial charge is 0.0548 e. The fourth-order valence-corrected chi connectivity index (χ4v) is 2.19. The highest BCUT2D eigenvalue weighted by molar-refractivity contribution is 9.10. The van der Waals surface area contributed by atoms with E-state index in [1.807, 2.05) is 6.07 Å². The summed E-state index contributed by atoms with van der Waals surface area (Å²) in [6, 6.07) is 6.06. The lowest BCUT2D eigenvalue weighted by molar-refractivity contribution is 0.449. The quantitative estimate of drug-likeness (QED) is 0.808. The number of hydrogen-bond donors (Lipinski definition) is 1. The fourth-order valence-electron chi connectivity index (χ4n) is 1.65. The highest BCUT2D eigenvalue weighted by atomic mass is 79.9. The number of nitrogens with one attached hydrogen (secondary N) is 1. The molecule has 0 saturated carbocycles. The van der Waals surface area contributed by atoms with Gasteiger partial charge in [0.1, 0.15) is 0 Å². The van der Waals surface area contributed by atoms with Gasteiger partial charge in [-0.2, -0.15) is 0 Å². The molecular weight excluding hydrogens is 286 g/mol. The summed E-state index contributed by atoms with van der Waals surface area (Å²) in [6.07, 6.45) is 2.49. The first-order valence-electron chi connectivity index (χ1n) is 5.82. The Balaban J connectivity index is 2.40. The second-order valence-electron chi connectivity index (χ2n) is 4.06. The predicted octanol–water partition coefficient (Wildman–Crippen LogP) is 4.63. The van der Waals surface area contributed by atoms with E-state index in [2.05, 4.69) is 47.2 Å². The van der Waals surface area contributed by atoms with Gasteiger partial charge in [0.2, 0.25) is 0 Å². The molecule has 0 aromatic heterocycles. The van der Waals surface area contributed by atoms with Crippen molar-refractivity contribution in [3.63, 3.8) is 0 Å². The maximum atomic E-state index is 5.94. The second-order valence-corrected chi connectivity index (χ2v) is 5.32. The van der Waals surface area contributed by atoms with E-state index in [0.29, 0.717) is 0 Å². The minimum Gasteiger partial charge on any atom is -0.312 e. The average molecular weight is 305 g/mol. The molecule has 0 aliphatic rings. The van der Waals surface area contributed by atoms with E-state index in [0.717, 1.165) is 28.5 Å². The molecule has 0 spiro atoms. The van der Waals surface area contributed by atoms with Crippen molar-refractivity contribution in [3.8, 4) is 0 Å². The van der Waals surface area contributed by atoms with Crippen molar-refractivity contribution >= 4 is 27.5 Å². The molecule has 0 heterocycles. The maximum Gasteiger partial charge on any atom is 0.0548 e.